The molecule has 6 heteroatoms. The second-order valence-corrected chi connectivity index (χ2v) is 3.38. The molecule has 0 radical (unpaired) electrons. The third-order valence-electron chi connectivity index (χ3n) is 2.00. The molecule has 0 fully saturated rings. The molecule has 0 aliphatic heterocycles. The molecule has 1 atom stereocenters. The van der Waals surface area contributed by atoms with Crippen molar-refractivity contribution < 1.29 is 23.1 Å². The van der Waals surface area contributed by atoms with E-state index in [-0.39, 0.29) is 5.56 Å². The molecule has 0 saturated heterocycles. The summed E-state index contributed by atoms with van der Waals surface area (Å²) in [6.45, 7) is 1.38. The van der Waals surface area contributed by atoms with Crippen LogP contribution >= 0.6 is 0 Å². The average Bonchev–Trinajstić information content (AvgIpc) is 2.15. The zero-order valence-electron chi connectivity index (χ0n) is 8.38. The van der Waals surface area contributed by atoms with Crippen molar-refractivity contribution in [2.24, 2.45) is 5.73 Å². The second-order valence-electron chi connectivity index (χ2n) is 3.38. The highest BCUT2D eigenvalue weighted by molar-refractivity contribution is 6.00. The number of hydrogen-bond acceptors (Lipinski definition) is 3. The van der Waals surface area contributed by atoms with Crippen LogP contribution in [0.2, 0.25) is 0 Å². The van der Waals surface area contributed by atoms with Gasteiger partial charge in [-0.25, -0.2) is 0 Å². The maximum Gasteiger partial charge on any atom is 0.419 e. The van der Waals surface area contributed by atoms with Gasteiger partial charge >= 0.3 is 6.18 Å². The molecule has 3 N–H and O–H groups in total. The van der Waals surface area contributed by atoms with E-state index in [0.717, 1.165) is 12.1 Å². The average molecular weight is 233 g/mol. The van der Waals surface area contributed by atoms with E-state index in [2.05, 4.69) is 0 Å². The van der Waals surface area contributed by atoms with Crippen LogP contribution < -0.4 is 5.73 Å². The Labute approximate surface area is 89.7 Å². The number of nitrogens with two attached hydrogens (primary N) is 1. The van der Waals surface area contributed by atoms with Gasteiger partial charge in [0.1, 0.15) is 5.75 Å². The Kier molecular flexibility index (Phi) is 3.23. The van der Waals surface area contributed by atoms with Crippen LogP contribution in [0.5, 0.6) is 5.75 Å². The first-order valence-electron chi connectivity index (χ1n) is 4.43. The van der Waals surface area contributed by atoms with Crippen LogP contribution in [-0.4, -0.2) is 16.9 Å². The van der Waals surface area contributed by atoms with Crippen LogP contribution in [0.3, 0.4) is 0 Å². The molecule has 0 aliphatic carbocycles. The number of carbonyl (C=O) groups is 1. The SMILES string of the molecule is CC(N)C(=O)c1ccc(O)c(C(F)(F)F)c1. The lowest BCUT2D eigenvalue weighted by Crippen LogP contribution is -2.26. The molecule has 0 spiro atoms. The molecular formula is C10H10F3NO2. The minimum Gasteiger partial charge on any atom is -0.507 e. The van der Waals surface area contributed by atoms with Crippen LogP contribution in [0.25, 0.3) is 0 Å². The van der Waals surface area contributed by atoms with Crippen LogP contribution in [0.15, 0.2) is 18.2 Å². The number of hydrogen-bond donors (Lipinski definition) is 2. The molecular weight excluding hydrogens is 223 g/mol. The van der Waals surface area contributed by atoms with Gasteiger partial charge in [0, 0.05) is 5.56 Å². The first-order chi connectivity index (χ1) is 7.23. The molecule has 1 aromatic rings. The van der Waals surface area contributed by atoms with Gasteiger partial charge in [0.05, 0.1) is 11.6 Å². The number of Topliss-reactive ketones (excluding diaryl/α,β-unsaturated/α-hetero) is 1. The van der Waals surface area contributed by atoms with E-state index in [4.69, 9.17) is 10.8 Å². The summed E-state index contributed by atoms with van der Waals surface area (Å²) in [5, 5.41) is 9.03. The van der Waals surface area contributed by atoms with Crippen LogP contribution in [0.1, 0.15) is 22.8 Å². The number of rotatable bonds is 2. The first-order valence-corrected chi connectivity index (χ1v) is 4.43. The third-order valence-corrected chi connectivity index (χ3v) is 2.00. The molecule has 0 bridgehead atoms. The summed E-state index contributed by atoms with van der Waals surface area (Å²) in [5.41, 5.74) is 3.87. The maximum absolute atomic E-state index is 12.4. The summed E-state index contributed by atoms with van der Waals surface area (Å²) < 4.78 is 37.2. The van der Waals surface area contributed by atoms with E-state index in [1.54, 1.807) is 0 Å². The number of ketones is 1. The Morgan fingerprint density at radius 2 is 2.00 bits per heavy atom. The zero-order valence-corrected chi connectivity index (χ0v) is 8.38. The van der Waals surface area contributed by atoms with Gasteiger partial charge in [0.2, 0.25) is 0 Å². The number of carbonyl (C=O) groups excluding carboxylic acids is 1. The highest BCUT2D eigenvalue weighted by Crippen LogP contribution is 2.36. The summed E-state index contributed by atoms with van der Waals surface area (Å²) in [5.74, 6) is -1.51. The molecule has 0 saturated carbocycles. The molecule has 88 valence electrons. The normalized spacial score (nSPS) is 13.6. The molecule has 3 nitrogen and oxygen atoms in total. The van der Waals surface area contributed by atoms with Crippen molar-refractivity contribution in [1.29, 1.82) is 0 Å². The van der Waals surface area contributed by atoms with Gasteiger partial charge in [-0.3, -0.25) is 4.79 Å². The van der Waals surface area contributed by atoms with Gasteiger partial charge in [0.15, 0.2) is 5.78 Å². The third kappa shape index (κ3) is 2.52. The van der Waals surface area contributed by atoms with Gasteiger partial charge in [-0.1, -0.05) is 0 Å². The summed E-state index contributed by atoms with van der Waals surface area (Å²) in [6.07, 6.45) is -4.70. The van der Waals surface area contributed by atoms with Crippen molar-refractivity contribution in [2.45, 2.75) is 19.1 Å². The number of phenols is 1. The minimum atomic E-state index is -4.70. The first kappa shape index (κ1) is 12.5. The van der Waals surface area contributed by atoms with Crippen molar-refractivity contribution in [2.75, 3.05) is 0 Å². The number of benzene rings is 1. The smallest absolute Gasteiger partial charge is 0.419 e. The Bertz CT molecular complexity index is 413. The Balaban J connectivity index is 3.23. The summed E-state index contributed by atoms with van der Waals surface area (Å²) in [4.78, 5) is 11.4. The summed E-state index contributed by atoms with van der Waals surface area (Å²) >= 11 is 0. The molecule has 1 rings (SSSR count). The number of halogens is 3. The fourth-order valence-electron chi connectivity index (χ4n) is 1.18. The van der Waals surface area contributed by atoms with E-state index in [1.807, 2.05) is 0 Å². The topological polar surface area (TPSA) is 63.3 Å². The lowest BCUT2D eigenvalue weighted by atomic mass is 10.0. The summed E-state index contributed by atoms with van der Waals surface area (Å²) in [7, 11) is 0. The predicted octanol–water partition coefficient (Wildman–Crippen LogP) is 1.94. The van der Waals surface area contributed by atoms with E-state index in [0.29, 0.717) is 6.07 Å². The molecule has 1 unspecified atom stereocenters. The number of alkyl halides is 3. The van der Waals surface area contributed by atoms with Crippen molar-refractivity contribution in [1.82, 2.24) is 0 Å². The van der Waals surface area contributed by atoms with Crippen molar-refractivity contribution in [3.63, 3.8) is 0 Å². The monoisotopic (exact) mass is 233 g/mol. The molecule has 16 heavy (non-hydrogen) atoms. The van der Waals surface area contributed by atoms with E-state index in [9.17, 15) is 18.0 Å². The van der Waals surface area contributed by atoms with Crippen LogP contribution in [-0.2, 0) is 6.18 Å². The standard InChI is InChI=1S/C10H10F3NO2/c1-5(14)9(16)6-2-3-8(15)7(4-6)10(11,12)13/h2-5,15H,14H2,1H3. The van der Waals surface area contributed by atoms with Gasteiger partial charge in [-0.2, -0.15) is 13.2 Å². The largest absolute Gasteiger partial charge is 0.507 e. The van der Waals surface area contributed by atoms with Crippen LogP contribution in [0.4, 0.5) is 13.2 Å². The van der Waals surface area contributed by atoms with Crippen molar-refractivity contribution >= 4 is 5.78 Å². The minimum absolute atomic E-state index is 0.167. The fourth-order valence-corrected chi connectivity index (χ4v) is 1.18. The Morgan fingerprint density at radius 1 is 1.44 bits per heavy atom. The lowest BCUT2D eigenvalue weighted by Gasteiger charge is -2.11. The van der Waals surface area contributed by atoms with Crippen LogP contribution in [0, 0.1) is 0 Å². The second kappa shape index (κ2) is 4.13. The summed E-state index contributed by atoms with van der Waals surface area (Å²) in [6, 6.07) is 1.65. The molecule has 0 aliphatic rings. The fraction of sp³-hybridized carbons (Fsp3) is 0.300. The molecule has 1 aromatic carbocycles. The highest BCUT2D eigenvalue weighted by atomic mass is 19.4. The Morgan fingerprint density at radius 3 is 2.44 bits per heavy atom. The van der Waals surface area contributed by atoms with Gasteiger partial charge < -0.3 is 10.8 Å². The lowest BCUT2D eigenvalue weighted by molar-refractivity contribution is -0.138. The predicted molar refractivity (Wildman–Crippen MR) is 51.1 cm³/mol. The number of aromatic hydroxyl groups is 1. The quantitative estimate of drug-likeness (QED) is 0.767. The molecule has 0 heterocycles. The van der Waals surface area contributed by atoms with Gasteiger partial charge in [0.25, 0.3) is 0 Å². The zero-order chi connectivity index (χ0) is 12.5. The Hall–Kier alpha value is -1.56. The molecule has 0 amide bonds. The number of phenolic OH excluding ortho intramolecular Hbond substituents is 1. The van der Waals surface area contributed by atoms with Gasteiger partial charge in [-0.15, -0.1) is 0 Å². The highest BCUT2D eigenvalue weighted by Gasteiger charge is 2.34. The maximum atomic E-state index is 12.4. The van der Waals surface area contributed by atoms with Gasteiger partial charge in [-0.05, 0) is 25.1 Å². The van der Waals surface area contributed by atoms with E-state index >= 15 is 0 Å². The molecule has 0 aromatic heterocycles. The van der Waals surface area contributed by atoms with E-state index in [1.165, 1.54) is 6.92 Å². The van der Waals surface area contributed by atoms with Crippen molar-refractivity contribution in [3.05, 3.63) is 29.3 Å². The van der Waals surface area contributed by atoms with Crippen molar-refractivity contribution in [3.8, 4) is 5.75 Å². The van der Waals surface area contributed by atoms with E-state index < -0.39 is 29.3 Å².